The molecule has 0 heterocycles. The topological polar surface area (TPSA) is 88.1 Å². The quantitative estimate of drug-likeness (QED) is 0.373. The molecule has 1 aromatic carbocycles. The van der Waals surface area contributed by atoms with E-state index in [4.69, 9.17) is 4.74 Å². The number of alkyl halides is 3. The summed E-state index contributed by atoms with van der Waals surface area (Å²) in [5.74, 6) is -3.54. The van der Waals surface area contributed by atoms with Gasteiger partial charge in [0.1, 0.15) is 6.10 Å². The first-order valence-electron chi connectivity index (χ1n) is 7.83. The molecule has 0 aliphatic rings. The van der Waals surface area contributed by atoms with Gasteiger partial charge in [0.25, 0.3) is 5.60 Å². The average molecular weight is 404 g/mol. The van der Waals surface area contributed by atoms with Crippen molar-refractivity contribution in [1.82, 2.24) is 0 Å². The Morgan fingerprint density at radius 1 is 1.04 bits per heavy atom. The van der Waals surface area contributed by atoms with Crippen molar-refractivity contribution in [3.05, 3.63) is 48.0 Å². The second-order valence-electron chi connectivity index (χ2n) is 5.36. The number of esters is 3. The van der Waals surface area contributed by atoms with Gasteiger partial charge in [-0.1, -0.05) is 30.3 Å². The lowest BCUT2D eigenvalue weighted by Gasteiger charge is -2.33. The monoisotopic (exact) mass is 404 g/mol. The Morgan fingerprint density at radius 3 is 2.11 bits per heavy atom. The highest BCUT2D eigenvalue weighted by atomic mass is 19.4. The van der Waals surface area contributed by atoms with Crippen molar-refractivity contribution in [1.29, 1.82) is 0 Å². The first-order chi connectivity index (χ1) is 13.1. The molecule has 0 aromatic heterocycles. The van der Waals surface area contributed by atoms with Crippen molar-refractivity contribution in [3.8, 4) is 0 Å². The molecular weight excluding hydrogens is 385 g/mol. The van der Waals surface area contributed by atoms with Crippen LogP contribution in [0.4, 0.5) is 13.2 Å². The van der Waals surface area contributed by atoms with Crippen LogP contribution in [-0.2, 0) is 38.9 Å². The summed E-state index contributed by atoms with van der Waals surface area (Å²) in [6.07, 6.45) is -5.60. The molecule has 1 rings (SSSR count). The number of rotatable bonds is 8. The Kier molecular flexibility index (Phi) is 8.17. The summed E-state index contributed by atoms with van der Waals surface area (Å²) in [7, 11) is 2.83. The number of methoxy groups -OCH3 is 3. The Balaban J connectivity index is 3.30. The van der Waals surface area contributed by atoms with Gasteiger partial charge < -0.3 is 18.9 Å². The minimum Gasteiger partial charge on any atom is -0.469 e. The van der Waals surface area contributed by atoms with Gasteiger partial charge in [-0.2, -0.15) is 13.2 Å². The zero-order chi connectivity index (χ0) is 21.4. The molecule has 2 atom stereocenters. The minimum absolute atomic E-state index is 0.510. The Hall–Kier alpha value is -2.88. The molecule has 28 heavy (non-hydrogen) atoms. The molecule has 0 unspecified atom stereocenters. The first kappa shape index (κ1) is 23.2. The molecule has 0 N–H and O–H groups in total. The predicted molar refractivity (Wildman–Crippen MR) is 88.9 cm³/mol. The number of hydrogen-bond donors (Lipinski definition) is 0. The maximum atomic E-state index is 13.8. The van der Waals surface area contributed by atoms with Gasteiger partial charge in [0, 0.05) is 18.7 Å². The fourth-order valence-corrected chi connectivity index (χ4v) is 2.26. The zero-order valence-electron chi connectivity index (χ0n) is 15.3. The number of carbonyl (C=O) groups is 3. The number of halogens is 3. The summed E-state index contributed by atoms with van der Waals surface area (Å²) in [4.78, 5) is 35.3. The molecular formula is C18H19F3O7. The third-order valence-electron chi connectivity index (χ3n) is 3.68. The van der Waals surface area contributed by atoms with Crippen molar-refractivity contribution in [2.45, 2.75) is 24.3 Å². The number of hydrogen-bond acceptors (Lipinski definition) is 7. The van der Waals surface area contributed by atoms with Gasteiger partial charge in [0.05, 0.1) is 20.6 Å². The molecule has 154 valence electrons. The Morgan fingerprint density at radius 2 is 1.64 bits per heavy atom. The lowest BCUT2D eigenvalue weighted by molar-refractivity contribution is -0.277. The third-order valence-corrected chi connectivity index (χ3v) is 3.68. The third kappa shape index (κ3) is 5.32. The maximum absolute atomic E-state index is 13.8. The molecule has 0 saturated heterocycles. The van der Waals surface area contributed by atoms with Crippen LogP contribution in [0.1, 0.15) is 12.0 Å². The van der Waals surface area contributed by atoms with Gasteiger partial charge in [-0.25, -0.2) is 9.59 Å². The van der Waals surface area contributed by atoms with E-state index in [1.165, 1.54) is 18.2 Å². The van der Waals surface area contributed by atoms with Gasteiger partial charge in [0.2, 0.25) is 0 Å². The molecule has 0 amide bonds. The van der Waals surface area contributed by atoms with Crippen molar-refractivity contribution in [2.75, 3.05) is 21.3 Å². The van der Waals surface area contributed by atoms with E-state index in [-0.39, 0.29) is 0 Å². The second kappa shape index (κ2) is 9.88. The van der Waals surface area contributed by atoms with Crippen molar-refractivity contribution < 1.29 is 46.5 Å². The average Bonchev–Trinajstić information content (AvgIpc) is 2.66. The number of ether oxygens (including phenoxy) is 4. The van der Waals surface area contributed by atoms with E-state index >= 15 is 0 Å². The van der Waals surface area contributed by atoms with E-state index in [0.717, 1.165) is 38.5 Å². The number of carbonyl (C=O) groups excluding carboxylic acids is 3. The molecule has 7 nitrogen and oxygen atoms in total. The molecule has 0 bridgehead atoms. The normalized spacial score (nSPS) is 14.8. The molecule has 10 heteroatoms. The van der Waals surface area contributed by atoms with E-state index in [0.29, 0.717) is 7.11 Å². The smallest absolute Gasteiger partial charge is 0.432 e. The molecule has 1 aromatic rings. The van der Waals surface area contributed by atoms with Crippen LogP contribution in [0.5, 0.6) is 0 Å². The summed E-state index contributed by atoms with van der Waals surface area (Å²) in [5.41, 5.74) is -3.94. The highest BCUT2D eigenvalue weighted by molar-refractivity contribution is 5.84. The van der Waals surface area contributed by atoms with Crippen LogP contribution >= 0.6 is 0 Å². The predicted octanol–water partition coefficient (Wildman–Crippen LogP) is 2.29. The number of benzene rings is 1. The van der Waals surface area contributed by atoms with Crippen molar-refractivity contribution in [3.63, 3.8) is 0 Å². The molecule has 0 saturated carbocycles. The Labute approximate surface area is 159 Å². The summed E-state index contributed by atoms with van der Waals surface area (Å²) in [6, 6.07) is 6.16. The molecule has 0 spiro atoms. The highest BCUT2D eigenvalue weighted by Gasteiger charge is 2.64. The standard InChI is InChI=1S/C18H19F3O7/c1-25-14(22)10-9-13(11-15(23)26-2)28-16(24)17(27-3,18(19,20)21)12-7-5-4-6-8-12/h4-10,13H,11H2,1-3H3/b10-9+/t13-,17-/m0/s1. The van der Waals surface area contributed by atoms with Crippen molar-refractivity contribution in [2.24, 2.45) is 0 Å². The molecule has 0 fully saturated rings. The van der Waals surface area contributed by atoms with Crippen LogP contribution < -0.4 is 0 Å². The summed E-state index contributed by atoms with van der Waals surface area (Å²) < 4.78 is 59.8. The van der Waals surface area contributed by atoms with E-state index in [9.17, 15) is 27.6 Å². The van der Waals surface area contributed by atoms with Gasteiger partial charge >= 0.3 is 24.1 Å². The van der Waals surface area contributed by atoms with Crippen LogP contribution in [0.15, 0.2) is 42.5 Å². The minimum atomic E-state index is -5.18. The summed E-state index contributed by atoms with van der Waals surface area (Å²) in [5, 5.41) is 0. The fraction of sp³-hybridized carbons (Fsp3) is 0.389. The molecule has 0 aliphatic carbocycles. The van der Waals surface area contributed by atoms with Crippen molar-refractivity contribution >= 4 is 17.9 Å². The van der Waals surface area contributed by atoms with Gasteiger partial charge in [0.15, 0.2) is 0 Å². The van der Waals surface area contributed by atoms with Crippen LogP contribution in [0.25, 0.3) is 0 Å². The molecule has 0 aliphatic heterocycles. The lowest BCUT2D eigenvalue weighted by atomic mass is 9.92. The van der Waals surface area contributed by atoms with E-state index in [1.54, 1.807) is 0 Å². The summed E-state index contributed by atoms with van der Waals surface area (Å²) >= 11 is 0. The van der Waals surface area contributed by atoms with Gasteiger partial charge in [-0.3, -0.25) is 4.79 Å². The highest BCUT2D eigenvalue weighted by Crippen LogP contribution is 2.43. The summed E-state index contributed by atoms with van der Waals surface area (Å²) in [6.45, 7) is 0. The Bertz CT molecular complexity index is 716. The van der Waals surface area contributed by atoms with Gasteiger partial charge in [-0.05, 0) is 6.08 Å². The first-order valence-corrected chi connectivity index (χ1v) is 7.83. The van der Waals surface area contributed by atoms with Crippen LogP contribution in [0.3, 0.4) is 0 Å². The second-order valence-corrected chi connectivity index (χ2v) is 5.36. The zero-order valence-corrected chi connectivity index (χ0v) is 15.3. The SMILES string of the molecule is COC(=O)/C=C/[C@@H](CC(=O)OC)OC(=O)[C@@](OC)(c1ccccc1)C(F)(F)F. The fourth-order valence-electron chi connectivity index (χ4n) is 2.26. The van der Waals surface area contributed by atoms with E-state index in [2.05, 4.69) is 14.2 Å². The van der Waals surface area contributed by atoms with Crippen LogP contribution in [0.2, 0.25) is 0 Å². The maximum Gasteiger partial charge on any atom is 0.432 e. The van der Waals surface area contributed by atoms with Gasteiger partial charge in [-0.15, -0.1) is 0 Å². The van der Waals surface area contributed by atoms with Crippen LogP contribution in [0, 0.1) is 0 Å². The molecule has 0 radical (unpaired) electrons. The largest absolute Gasteiger partial charge is 0.469 e. The lowest BCUT2D eigenvalue weighted by Crippen LogP contribution is -2.52. The van der Waals surface area contributed by atoms with E-state index in [1.807, 2.05) is 0 Å². The van der Waals surface area contributed by atoms with Crippen LogP contribution in [-0.4, -0.2) is 51.5 Å². The van der Waals surface area contributed by atoms with E-state index < -0.39 is 47.8 Å².